The number of thioether (sulfide) groups is 1. The predicted molar refractivity (Wildman–Crippen MR) is 94.7 cm³/mol. The molecule has 2 nitrogen and oxygen atoms in total. The number of hydrogen-bond donors (Lipinski definition) is 1. The Morgan fingerprint density at radius 1 is 1.00 bits per heavy atom. The van der Waals surface area contributed by atoms with Gasteiger partial charge in [0.2, 0.25) is 0 Å². The van der Waals surface area contributed by atoms with Crippen molar-refractivity contribution in [3.05, 3.63) is 82.6 Å². The zero-order chi connectivity index (χ0) is 15.2. The maximum Gasteiger partial charge on any atom is 0.255 e. The van der Waals surface area contributed by atoms with E-state index in [-0.39, 0.29) is 5.91 Å². The van der Waals surface area contributed by atoms with Gasteiger partial charge in [0.15, 0.2) is 0 Å². The van der Waals surface area contributed by atoms with Gasteiger partial charge in [0.05, 0.1) is 5.69 Å². The summed E-state index contributed by atoms with van der Waals surface area (Å²) in [6.07, 6.45) is 0. The molecule has 0 spiro atoms. The van der Waals surface area contributed by atoms with Crippen LogP contribution in [0.1, 0.15) is 15.9 Å². The van der Waals surface area contributed by atoms with Crippen LogP contribution in [-0.4, -0.2) is 5.91 Å². The van der Waals surface area contributed by atoms with Gasteiger partial charge >= 0.3 is 0 Å². The number of anilines is 1. The molecule has 1 heterocycles. The predicted octanol–water partition coefficient (Wildman–Crippen LogP) is 5.29. The molecule has 1 N–H and O–H groups in total. The standard InChI is InChI=1S/C18H15NOS2/c20-18(15-6-2-1-3-7-15)19-16-8-4-5-9-17(16)22-13-14-10-11-21-12-14/h1-12H,13H2,(H,19,20). The summed E-state index contributed by atoms with van der Waals surface area (Å²) in [5.74, 6) is 0.825. The average Bonchev–Trinajstić information content (AvgIpc) is 3.08. The Hall–Kier alpha value is -2.04. The highest BCUT2D eigenvalue weighted by atomic mass is 32.2. The molecular weight excluding hydrogens is 310 g/mol. The molecule has 0 radical (unpaired) electrons. The summed E-state index contributed by atoms with van der Waals surface area (Å²) in [6.45, 7) is 0. The molecule has 0 saturated carbocycles. The minimum absolute atomic E-state index is 0.0795. The van der Waals surface area contributed by atoms with Gasteiger partial charge in [-0.05, 0) is 46.7 Å². The molecule has 1 aromatic heterocycles. The second kappa shape index (κ2) is 7.29. The van der Waals surface area contributed by atoms with Gasteiger partial charge in [0.25, 0.3) is 5.91 Å². The second-order valence-corrected chi connectivity index (χ2v) is 6.53. The van der Waals surface area contributed by atoms with Crippen LogP contribution in [0.3, 0.4) is 0 Å². The van der Waals surface area contributed by atoms with Crippen molar-refractivity contribution in [2.45, 2.75) is 10.6 Å². The van der Waals surface area contributed by atoms with Gasteiger partial charge in [-0.25, -0.2) is 0 Å². The topological polar surface area (TPSA) is 29.1 Å². The summed E-state index contributed by atoms with van der Waals surface area (Å²) in [4.78, 5) is 13.4. The van der Waals surface area contributed by atoms with Crippen LogP contribution < -0.4 is 5.32 Å². The summed E-state index contributed by atoms with van der Waals surface area (Å²) in [7, 11) is 0. The van der Waals surface area contributed by atoms with Crippen molar-refractivity contribution in [3.63, 3.8) is 0 Å². The normalized spacial score (nSPS) is 10.4. The second-order valence-electron chi connectivity index (χ2n) is 4.74. The summed E-state index contributed by atoms with van der Waals surface area (Å²) >= 11 is 3.44. The Bertz CT molecular complexity index is 739. The molecule has 0 aliphatic rings. The minimum Gasteiger partial charge on any atom is -0.321 e. The number of amides is 1. The zero-order valence-electron chi connectivity index (χ0n) is 11.9. The fraction of sp³-hybridized carbons (Fsp3) is 0.0556. The Morgan fingerprint density at radius 3 is 2.55 bits per heavy atom. The van der Waals surface area contributed by atoms with Gasteiger partial charge in [0.1, 0.15) is 0 Å². The van der Waals surface area contributed by atoms with Crippen molar-refractivity contribution in [3.8, 4) is 0 Å². The lowest BCUT2D eigenvalue weighted by Crippen LogP contribution is -2.12. The van der Waals surface area contributed by atoms with Gasteiger partial charge in [-0.3, -0.25) is 4.79 Å². The molecule has 0 saturated heterocycles. The van der Waals surface area contributed by atoms with Crippen molar-refractivity contribution >= 4 is 34.7 Å². The fourth-order valence-corrected chi connectivity index (χ4v) is 3.74. The highest BCUT2D eigenvalue weighted by molar-refractivity contribution is 7.98. The lowest BCUT2D eigenvalue weighted by Gasteiger charge is -2.10. The first kappa shape index (κ1) is 14.9. The molecule has 3 rings (SSSR count). The number of para-hydroxylation sites is 1. The van der Waals surface area contributed by atoms with E-state index < -0.39 is 0 Å². The number of nitrogens with one attached hydrogen (secondary N) is 1. The van der Waals surface area contributed by atoms with Crippen LogP contribution in [0.2, 0.25) is 0 Å². The molecule has 2 aromatic carbocycles. The van der Waals surface area contributed by atoms with Gasteiger partial charge in [-0.15, -0.1) is 11.8 Å². The van der Waals surface area contributed by atoms with E-state index >= 15 is 0 Å². The number of rotatable bonds is 5. The highest BCUT2D eigenvalue weighted by Crippen LogP contribution is 2.30. The van der Waals surface area contributed by atoms with Crippen molar-refractivity contribution in [2.75, 3.05) is 5.32 Å². The number of carbonyl (C=O) groups is 1. The number of benzene rings is 2. The number of thiophene rings is 1. The highest BCUT2D eigenvalue weighted by Gasteiger charge is 2.09. The minimum atomic E-state index is -0.0795. The summed E-state index contributed by atoms with van der Waals surface area (Å²) in [6, 6.07) is 19.3. The van der Waals surface area contributed by atoms with Crippen LogP contribution in [0, 0.1) is 0 Å². The lowest BCUT2D eigenvalue weighted by molar-refractivity contribution is 0.102. The van der Waals surface area contributed by atoms with Crippen LogP contribution in [0.25, 0.3) is 0 Å². The first-order valence-electron chi connectivity index (χ1n) is 6.92. The molecular formula is C18H15NOS2. The molecule has 0 aliphatic heterocycles. The Morgan fingerprint density at radius 2 is 1.77 bits per heavy atom. The summed E-state index contributed by atoms with van der Waals surface area (Å²) < 4.78 is 0. The van der Waals surface area contributed by atoms with Crippen molar-refractivity contribution in [2.24, 2.45) is 0 Å². The number of carbonyl (C=O) groups excluding carboxylic acids is 1. The van der Waals surface area contributed by atoms with Crippen LogP contribution in [0.5, 0.6) is 0 Å². The van der Waals surface area contributed by atoms with Crippen LogP contribution in [-0.2, 0) is 5.75 Å². The van der Waals surface area contributed by atoms with Gasteiger partial charge in [-0.2, -0.15) is 11.3 Å². The Balaban J connectivity index is 1.72. The third kappa shape index (κ3) is 3.78. The molecule has 0 unspecified atom stereocenters. The molecule has 4 heteroatoms. The smallest absolute Gasteiger partial charge is 0.255 e. The van der Waals surface area contributed by atoms with E-state index in [4.69, 9.17) is 0 Å². The van der Waals surface area contributed by atoms with E-state index in [9.17, 15) is 4.79 Å². The van der Waals surface area contributed by atoms with Gasteiger partial charge < -0.3 is 5.32 Å². The first-order valence-corrected chi connectivity index (χ1v) is 8.85. The molecule has 0 fully saturated rings. The van der Waals surface area contributed by atoms with E-state index in [1.165, 1.54) is 5.56 Å². The van der Waals surface area contributed by atoms with E-state index in [1.54, 1.807) is 23.1 Å². The van der Waals surface area contributed by atoms with E-state index in [0.29, 0.717) is 5.56 Å². The van der Waals surface area contributed by atoms with Crippen molar-refractivity contribution in [1.82, 2.24) is 0 Å². The monoisotopic (exact) mass is 325 g/mol. The average molecular weight is 325 g/mol. The molecule has 3 aromatic rings. The summed E-state index contributed by atoms with van der Waals surface area (Å²) in [5, 5.41) is 7.23. The molecule has 0 aliphatic carbocycles. The third-order valence-electron chi connectivity index (χ3n) is 3.15. The van der Waals surface area contributed by atoms with Crippen molar-refractivity contribution in [1.29, 1.82) is 0 Å². The van der Waals surface area contributed by atoms with Crippen LogP contribution in [0.15, 0.2) is 76.3 Å². The maximum absolute atomic E-state index is 12.3. The largest absolute Gasteiger partial charge is 0.321 e. The fourth-order valence-electron chi connectivity index (χ4n) is 2.02. The molecule has 1 amide bonds. The van der Waals surface area contributed by atoms with Crippen LogP contribution >= 0.6 is 23.1 Å². The van der Waals surface area contributed by atoms with E-state index in [1.807, 2.05) is 54.6 Å². The Kier molecular flexibility index (Phi) is 4.93. The molecule has 22 heavy (non-hydrogen) atoms. The summed E-state index contributed by atoms with van der Waals surface area (Å²) in [5.41, 5.74) is 2.83. The van der Waals surface area contributed by atoms with E-state index in [2.05, 4.69) is 22.1 Å². The first-order chi connectivity index (χ1) is 10.8. The SMILES string of the molecule is O=C(Nc1ccccc1SCc1ccsc1)c1ccccc1. The molecule has 110 valence electrons. The molecule has 0 bridgehead atoms. The zero-order valence-corrected chi connectivity index (χ0v) is 13.5. The third-order valence-corrected chi connectivity index (χ3v) is 5.02. The molecule has 0 atom stereocenters. The van der Waals surface area contributed by atoms with Gasteiger partial charge in [0, 0.05) is 16.2 Å². The van der Waals surface area contributed by atoms with E-state index in [0.717, 1.165) is 16.3 Å². The van der Waals surface area contributed by atoms with Gasteiger partial charge in [-0.1, -0.05) is 30.3 Å². The van der Waals surface area contributed by atoms with Crippen LogP contribution in [0.4, 0.5) is 5.69 Å². The van der Waals surface area contributed by atoms with Crippen molar-refractivity contribution < 1.29 is 4.79 Å². The maximum atomic E-state index is 12.3. The number of hydrogen-bond acceptors (Lipinski definition) is 3. The lowest BCUT2D eigenvalue weighted by atomic mass is 10.2. The quantitative estimate of drug-likeness (QED) is 0.646. The Labute approximate surface area is 138 Å².